The van der Waals surface area contributed by atoms with E-state index in [1.807, 2.05) is 6.92 Å². The van der Waals surface area contributed by atoms with Crippen molar-refractivity contribution >= 4 is 0 Å². The van der Waals surface area contributed by atoms with Crippen LogP contribution in [0.25, 0.3) is 0 Å². The summed E-state index contributed by atoms with van der Waals surface area (Å²) >= 11 is 0. The van der Waals surface area contributed by atoms with Crippen molar-refractivity contribution in [3.63, 3.8) is 0 Å². The second-order valence-corrected chi connectivity index (χ2v) is 5.99. The molecule has 1 N–H and O–H groups in total. The molecule has 1 aliphatic rings. The first kappa shape index (κ1) is 16.1. The summed E-state index contributed by atoms with van der Waals surface area (Å²) in [5, 5.41) is 3.22. The summed E-state index contributed by atoms with van der Waals surface area (Å²) < 4.78 is 45.5. The first-order chi connectivity index (χ1) is 9.79. The summed E-state index contributed by atoms with van der Waals surface area (Å²) in [6.07, 6.45) is -3.76. The normalized spacial score (nSPS) is 23.4. The molecule has 1 saturated heterocycles. The standard InChI is InChI=1S/C16H22F3NO/c1-10(2)21-12-4-5-14(15(8-12)16(17,18)19)13-6-7-20-9-11(13)3/h4-5,8,10-11,13,20H,6-7,9H2,1-3H3. The minimum atomic E-state index is -4.35. The molecule has 0 saturated carbocycles. The number of hydrogen-bond acceptors (Lipinski definition) is 2. The highest BCUT2D eigenvalue weighted by Crippen LogP contribution is 2.41. The van der Waals surface area contributed by atoms with Crippen molar-refractivity contribution in [2.75, 3.05) is 13.1 Å². The van der Waals surface area contributed by atoms with Crippen molar-refractivity contribution in [1.29, 1.82) is 0 Å². The minimum Gasteiger partial charge on any atom is -0.491 e. The fourth-order valence-corrected chi connectivity index (χ4v) is 2.93. The van der Waals surface area contributed by atoms with Gasteiger partial charge >= 0.3 is 6.18 Å². The third-order valence-electron chi connectivity index (χ3n) is 3.89. The van der Waals surface area contributed by atoms with Gasteiger partial charge in [-0.25, -0.2) is 0 Å². The van der Waals surface area contributed by atoms with E-state index in [2.05, 4.69) is 5.32 Å². The molecule has 1 aliphatic heterocycles. The lowest BCUT2D eigenvalue weighted by Crippen LogP contribution is -2.34. The predicted molar refractivity (Wildman–Crippen MR) is 76.6 cm³/mol. The molecule has 118 valence electrons. The maximum Gasteiger partial charge on any atom is 0.416 e. The first-order valence-electron chi connectivity index (χ1n) is 7.37. The SMILES string of the molecule is CC(C)Oc1ccc(C2CCNCC2C)c(C(F)(F)F)c1. The van der Waals surface area contributed by atoms with Crippen LogP contribution in [0.3, 0.4) is 0 Å². The molecule has 2 unspecified atom stereocenters. The van der Waals surface area contributed by atoms with Crippen molar-refractivity contribution in [3.8, 4) is 5.75 Å². The molecule has 1 heterocycles. The number of benzene rings is 1. The van der Waals surface area contributed by atoms with E-state index in [0.29, 0.717) is 5.56 Å². The average molecular weight is 301 g/mol. The van der Waals surface area contributed by atoms with Gasteiger partial charge in [-0.15, -0.1) is 0 Å². The number of nitrogens with one attached hydrogen (secondary N) is 1. The number of rotatable bonds is 3. The molecule has 0 aliphatic carbocycles. The van der Waals surface area contributed by atoms with Crippen molar-refractivity contribution in [1.82, 2.24) is 5.32 Å². The number of alkyl halides is 3. The lowest BCUT2D eigenvalue weighted by Gasteiger charge is -2.32. The highest BCUT2D eigenvalue weighted by molar-refractivity contribution is 5.40. The van der Waals surface area contributed by atoms with Crippen LogP contribution >= 0.6 is 0 Å². The Morgan fingerprint density at radius 2 is 2.00 bits per heavy atom. The molecule has 0 spiro atoms. The smallest absolute Gasteiger partial charge is 0.416 e. The van der Waals surface area contributed by atoms with Gasteiger partial charge in [0.2, 0.25) is 0 Å². The third-order valence-corrected chi connectivity index (χ3v) is 3.89. The van der Waals surface area contributed by atoms with Crippen molar-refractivity contribution in [2.24, 2.45) is 5.92 Å². The van der Waals surface area contributed by atoms with Crippen LogP contribution in [0.4, 0.5) is 13.2 Å². The van der Waals surface area contributed by atoms with E-state index >= 15 is 0 Å². The molecule has 21 heavy (non-hydrogen) atoms. The minimum absolute atomic E-state index is 0.0593. The molecule has 0 radical (unpaired) electrons. The Kier molecular flexibility index (Phi) is 4.81. The molecule has 0 bridgehead atoms. The lowest BCUT2D eigenvalue weighted by atomic mass is 9.80. The zero-order valence-corrected chi connectivity index (χ0v) is 12.6. The topological polar surface area (TPSA) is 21.3 Å². The fraction of sp³-hybridized carbons (Fsp3) is 0.625. The van der Waals surface area contributed by atoms with Gasteiger partial charge in [-0.05, 0) is 62.9 Å². The van der Waals surface area contributed by atoms with Gasteiger partial charge in [-0.2, -0.15) is 13.2 Å². The maximum absolute atomic E-state index is 13.4. The summed E-state index contributed by atoms with van der Waals surface area (Å²) in [4.78, 5) is 0. The highest BCUT2D eigenvalue weighted by atomic mass is 19.4. The molecule has 2 rings (SSSR count). The van der Waals surface area contributed by atoms with Gasteiger partial charge in [-0.3, -0.25) is 0 Å². The van der Waals surface area contributed by atoms with Gasteiger partial charge in [0.1, 0.15) is 5.75 Å². The average Bonchev–Trinajstić information content (AvgIpc) is 2.38. The Balaban J connectivity index is 2.40. The molecule has 0 aromatic heterocycles. The largest absolute Gasteiger partial charge is 0.491 e. The Bertz CT molecular complexity index is 485. The first-order valence-corrected chi connectivity index (χ1v) is 7.37. The van der Waals surface area contributed by atoms with Crippen LogP contribution < -0.4 is 10.1 Å². The zero-order valence-electron chi connectivity index (χ0n) is 12.6. The van der Waals surface area contributed by atoms with Crippen molar-refractivity contribution in [2.45, 2.75) is 45.4 Å². The molecule has 5 heteroatoms. The van der Waals surface area contributed by atoms with E-state index in [-0.39, 0.29) is 23.7 Å². The fourth-order valence-electron chi connectivity index (χ4n) is 2.93. The van der Waals surface area contributed by atoms with Crippen LogP contribution in [0.5, 0.6) is 5.75 Å². The van der Waals surface area contributed by atoms with E-state index in [1.54, 1.807) is 26.0 Å². The lowest BCUT2D eigenvalue weighted by molar-refractivity contribution is -0.138. The molecule has 1 aromatic rings. The Morgan fingerprint density at radius 3 is 2.57 bits per heavy atom. The van der Waals surface area contributed by atoms with E-state index in [9.17, 15) is 13.2 Å². The van der Waals surface area contributed by atoms with Gasteiger partial charge in [0.05, 0.1) is 11.7 Å². The Labute approximate surface area is 123 Å². The zero-order chi connectivity index (χ0) is 15.6. The molecule has 2 nitrogen and oxygen atoms in total. The van der Waals surface area contributed by atoms with Crippen LogP contribution in [0.1, 0.15) is 44.2 Å². The molecule has 0 amide bonds. The van der Waals surface area contributed by atoms with E-state index in [4.69, 9.17) is 4.74 Å². The van der Waals surface area contributed by atoms with Crippen LogP contribution in [0.15, 0.2) is 18.2 Å². The highest BCUT2D eigenvalue weighted by Gasteiger charge is 2.37. The molecule has 1 aromatic carbocycles. The van der Waals surface area contributed by atoms with Crippen LogP contribution in [0.2, 0.25) is 0 Å². The predicted octanol–water partition coefficient (Wildman–Crippen LogP) is 4.21. The molecular formula is C16H22F3NO. The van der Waals surface area contributed by atoms with Gasteiger partial charge in [0.15, 0.2) is 0 Å². The summed E-state index contributed by atoms with van der Waals surface area (Å²) in [6, 6.07) is 4.39. The number of ether oxygens (including phenoxy) is 1. The number of halogens is 3. The van der Waals surface area contributed by atoms with E-state index in [0.717, 1.165) is 25.6 Å². The number of hydrogen-bond donors (Lipinski definition) is 1. The van der Waals surface area contributed by atoms with Crippen LogP contribution in [0, 0.1) is 5.92 Å². The van der Waals surface area contributed by atoms with Gasteiger partial charge in [0.25, 0.3) is 0 Å². The van der Waals surface area contributed by atoms with Crippen LogP contribution in [-0.4, -0.2) is 19.2 Å². The third kappa shape index (κ3) is 3.90. The second-order valence-electron chi connectivity index (χ2n) is 5.99. The summed E-state index contributed by atoms with van der Waals surface area (Å²) in [5.74, 6) is 0.412. The van der Waals surface area contributed by atoms with Gasteiger partial charge in [-0.1, -0.05) is 13.0 Å². The molecule has 2 atom stereocenters. The molecular weight excluding hydrogens is 279 g/mol. The Morgan fingerprint density at radius 1 is 1.29 bits per heavy atom. The Hall–Kier alpha value is -1.23. The van der Waals surface area contributed by atoms with E-state index < -0.39 is 11.7 Å². The molecule has 1 fully saturated rings. The van der Waals surface area contributed by atoms with Gasteiger partial charge < -0.3 is 10.1 Å². The van der Waals surface area contributed by atoms with Gasteiger partial charge in [0, 0.05) is 0 Å². The monoisotopic (exact) mass is 301 g/mol. The van der Waals surface area contributed by atoms with E-state index in [1.165, 1.54) is 0 Å². The maximum atomic E-state index is 13.4. The van der Waals surface area contributed by atoms with Crippen molar-refractivity contribution < 1.29 is 17.9 Å². The summed E-state index contributed by atoms with van der Waals surface area (Å²) in [5.41, 5.74) is -0.160. The number of piperidine rings is 1. The summed E-state index contributed by atoms with van der Waals surface area (Å²) in [7, 11) is 0. The van der Waals surface area contributed by atoms with Crippen LogP contribution in [-0.2, 0) is 6.18 Å². The summed E-state index contributed by atoms with van der Waals surface area (Å²) in [6.45, 7) is 7.12. The second kappa shape index (κ2) is 6.26. The quantitative estimate of drug-likeness (QED) is 0.903. The van der Waals surface area contributed by atoms with Crippen molar-refractivity contribution in [3.05, 3.63) is 29.3 Å².